The van der Waals surface area contributed by atoms with Gasteiger partial charge >= 0.3 is 0 Å². The zero-order chi connectivity index (χ0) is 21.5. The Hall–Kier alpha value is -3.72. The van der Waals surface area contributed by atoms with Crippen molar-refractivity contribution in [2.24, 2.45) is 0 Å². The van der Waals surface area contributed by atoms with E-state index in [1.165, 1.54) is 0 Å². The first kappa shape index (κ1) is 20.5. The molecule has 31 heavy (non-hydrogen) atoms. The fraction of sp³-hybridized carbons (Fsp3) is 0.143. The highest BCUT2D eigenvalue weighted by Gasteiger charge is 2.11. The van der Waals surface area contributed by atoms with Crippen molar-refractivity contribution in [3.63, 3.8) is 0 Å². The SMILES string of the molecule is CCc1cc(Oc2ccccc2)ccc1Oc1ccc(Oc2ccccc2)cc1CC. The first-order chi connectivity index (χ1) is 15.2. The van der Waals surface area contributed by atoms with Crippen molar-refractivity contribution < 1.29 is 14.2 Å². The lowest BCUT2D eigenvalue weighted by molar-refractivity contribution is 0.455. The maximum Gasteiger partial charge on any atom is 0.130 e. The molecule has 156 valence electrons. The van der Waals surface area contributed by atoms with Crippen LogP contribution >= 0.6 is 0 Å². The molecule has 0 unspecified atom stereocenters. The monoisotopic (exact) mass is 410 g/mol. The van der Waals surface area contributed by atoms with Gasteiger partial charge in [-0.3, -0.25) is 0 Å². The molecule has 0 aromatic heterocycles. The van der Waals surface area contributed by atoms with Crippen molar-refractivity contribution in [2.75, 3.05) is 0 Å². The van der Waals surface area contributed by atoms with E-state index in [0.717, 1.165) is 58.5 Å². The smallest absolute Gasteiger partial charge is 0.130 e. The molecule has 0 heterocycles. The average molecular weight is 411 g/mol. The van der Waals surface area contributed by atoms with E-state index in [1.54, 1.807) is 0 Å². The van der Waals surface area contributed by atoms with E-state index in [-0.39, 0.29) is 0 Å². The summed E-state index contributed by atoms with van der Waals surface area (Å²) in [5.74, 6) is 4.93. The number of hydrogen-bond donors (Lipinski definition) is 0. The number of ether oxygens (including phenoxy) is 3. The second kappa shape index (κ2) is 9.86. The Morgan fingerprint density at radius 3 is 1.26 bits per heavy atom. The van der Waals surface area contributed by atoms with Crippen LogP contribution in [-0.4, -0.2) is 0 Å². The van der Waals surface area contributed by atoms with Gasteiger partial charge in [0.05, 0.1) is 0 Å². The van der Waals surface area contributed by atoms with Gasteiger partial charge in [0.25, 0.3) is 0 Å². The Kier molecular flexibility index (Phi) is 6.53. The van der Waals surface area contributed by atoms with Crippen LogP contribution in [-0.2, 0) is 12.8 Å². The van der Waals surface area contributed by atoms with E-state index < -0.39 is 0 Å². The van der Waals surface area contributed by atoms with Gasteiger partial charge in [-0.2, -0.15) is 0 Å². The van der Waals surface area contributed by atoms with E-state index in [1.807, 2.05) is 97.1 Å². The van der Waals surface area contributed by atoms with Crippen LogP contribution in [0.5, 0.6) is 34.5 Å². The van der Waals surface area contributed by atoms with Gasteiger partial charge in [0, 0.05) is 0 Å². The predicted octanol–water partition coefficient (Wildman–Crippen LogP) is 8.19. The van der Waals surface area contributed by atoms with Crippen molar-refractivity contribution >= 4 is 0 Å². The van der Waals surface area contributed by atoms with Crippen LogP contribution in [0.1, 0.15) is 25.0 Å². The Labute approximate surface area is 183 Å². The topological polar surface area (TPSA) is 27.7 Å². The zero-order valence-corrected chi connectivity index (χ0v) is 17.9. The van der Waals surface area contributed by atoms with Gasteiger partial charge < -0.3 is 14.2 Å². The largest absolute Gasteiger partial charge is 0.457 e. The standard InChI is InChI=1S/C28H26O3/c1-3-21-19-25(29-23-11-7-5-8-12-23)15-17-27(21)31-28-18-16-26(20-22(28)4-2)30-24-13-9-6-10-14-24/h5-20H,3-4H2,1-2H3. The average Bonchev–Trinajstić information content (AvgIpc) is 2.82. The van der Waals surface area contributed by atoms with Crippen LogP contribution in [0, 0.1) is 0 Å². The molecule has 0 saturated carbocycles. The van der Waals surface area contributed by atoms with E-state index in [2.05, 4.69) is 13.8 Å². The van der Waals surface area contributed by atoms with Gasteiger partial charge in [0.2, 0.25) is 0 Å². The van der Waals surface area contributed by atoms with Gasteiger partial charge in [-0.25, -0.2) is 0 Å². The molecule has 0 N–H and O–H groups in total. The molecule has 0 bridgehead atoms. The first-order valence-electron chi connectivity index (χ1n) is 10.6. The van der Waals surface area contributed by atoms with Crippen molar-refractivity contribution in [1.29, 1.82) is 0 Å². The zero-order valence-electron chi connectivity index (χ0n) is 17.9. The maximum atomic E-state index is 6.32. The summed E-state index contributed by atoms with van der Waals surface area (Å²) >= 11 is 0. The van der Waals surface area contributed by atoms with Crippen LogP contribution in [0.4, 0.5) is 0 Å². The lowest BCUT2D eigenvalue weighted by Gasteiger charge is -2.16. The van der Waals surface area contributed by atoms with Gasteiger partial charge in [-0.15, -0.1) is 0 Å². The van der Waals surface area contributed by atoms with Crippen LogP contribution in [0.15, 0.2) is 97.1 Å². The normalized spacial score (nSPS) is 10.5. The summed E-state index contributed by atoms with van der Waals surface area (Å²) in [6.45, 7) is 4.23. The van der Waals surface area contributed by atoms with Gasteiger partial charge in [0.15, 0.2) is 0 Å². The lowest BCUT2D eigenvalue weighted by Crippen LogP contribution is -1.96. The summed E-state index contributed by atoms with van der Waals surface area (Å²) in [7, 11) is 0. The molecule has 0 atom stereocenters. The Balaban J connectivity index is 1.53. The Morgan fingerprint density at radius 2 is 0.871 bits per heavy atom. The summed E-state index contributed by atoms with van der Waals surface area (Å²) in [4.78, 5) is 0. The first-order valence-corrected chi connectivity index (χ1v) is 10.6. The van der Waals surface area contributed by atoms with E-state index in [4.69, 9.17) is 14.2 Å². The minimum Gasteiger partial charge on any atom is -0.457 e. The minimum absolute atomic E-state index is 0.803. The highest BCUT2D eigenvalue weighted by molar-refractivity contribution is 5.48. The number of benzene rings is 4. The molecule has 0 saturated heterocycles. The highest BCUT2D eigenvalue weighted by atomic mass is 16.5. The summed E-state index contributed by atoms with van der Waals surface area (Å²) in [5, 5.41) is 0. The molecule has 0 aliphatic carbocycles. The molecule has 0 amide bonds. The molecular formula is C28H26O3. The molecule has 3 nitrogen and oxygen atoms in total. The van der Waals surface area contributed by atoms with Crippen LogP contribution in [0.3, 0.4) is 0 Å². The van der Waals surface area contributed by atoms with Crippen LogP contribution in [0.25, 0.3) is 0 Å². The molecule has 0 spiro atoms. The maximum absolute atomic E-state index is 6.32. The summed E-state index contributed by atoms with van der Waals surface area (Å²) in [6.07, 6.45) is 1.69. The second-order valence-corrected chi connectivity index (χ2v) is 7.18. The molecule has 4 rings (SSSR count). The van der Waals surface area contributed by atoms with Crippen LogP contribution in [0.2, 0.25) is 0 Å². The number of hydrogen-bond acceptors (Lipinski definition) is 3. The fourth-order valence-corrected chi connectivity index (χ4v) is 3.36. The third-order valence-corrected chi connectivity index (χ3v) is 5.00. The number of aryl methyl sites for hydroxylation is 2. The van der Waals surface area contributed by atoms with E-state index in [9.17, 15) is 0 Å². The summed E-state index contributed by atoms with van der Waals surface area (Å²) < 4.78 is 18.3. The summed E-state index contributed by atoms with van der Waals surface area (Å²) in [6, 6.07) is 31.5. The molecule has 4 aromatic carbocycles. The summed E-state index contributed by atoms with van der Waals surface area (Å²) in [5.41, 5.74) is 2.19. The van der Waals surface area contributed by atoms with Crippen LogP contribution < -0.4 is 14.2 Å². The van der Waals surface area contributed by atoms with Crippen molar-refractivity contribution in [2.45, 2.75) is 26.7 Å². The third-order valence-electron chi connectivity index (χ3n) is 5.00. The van der Waals surface area contributed by atoms with E-state index in [0.29, 0.717) is 0 Å². The minimum atomic E-state index is 0.803. The molecule has 0 aliphatic heterocycles. The molecule has 0 fully saturated rings. The molecule has 0 aliphatic rings. The quantitative estimate of drug-likeness (QED) is 0.293. The van der Waals surface area contributed by atoms with Gasteiger partial charge in [-0.05, 0) is 84.6 Å². The molecule has 3 heteroatoms. The predicted molar refractivity (Wildman–Crippen MR) is 125 cm³/mol. The highest BCUT2D eigenvalue weighted by Crippen LogP contribution is 2.35. The Morgan fingerprint density at radius 1 is 0.452 bits per heavy atom. The lowest BCUT2D eigenvalue weighted by atomic mass is 10.1. The van der Waals surface area contributed by atoms with Crippen molar-refractivity contribution in [3.05, 3.63) is 108 Å². The van der Waals surface area contributed by atoms with Gasteiger partial charge in [-0.1, -0.05) is 50.2 Å². The number of rotatable bonds is 8. The van der Waals surface area contributed by atoms with Gasteiger partial charge in [0.1, 0.15) is 34.5 Å². The molecule has 4 aromatic rings. The molecular weight excluding hydrogens is 384 g/mol. The van der Waals surface area contributed by atoms with Crippen molar-refractivity contribution in [3.8, 4) is 34.5 Å². The molecule has 0 radical (unpaired) electrons. The Bertz CT molecular complexity index is 1030. The number of para-hydroxylation sites is 2. The second-order valence-electron chi connectivity index (χ2n) is 7.18. The fourth-order valence-electron chi connectivity index (χ4n) is 3.36. The third kappa shape index (κ3) is 5.26. The van der Waals surface area contributed by atoms with Crippen molar-refractivity contribution in [1.82, 2.24) is 0 Å². The van der Waals surface area contributed by atoms with E-state index >= 15 is 0 Å².